The fourth-order valence-corrected chi connectivity index (χ4v) is 7.26. The van der Waals surface area contributed by atoms with E-state index in [9.17, 15) is 26.9 Å². The van der Waals surface area contributed by atoms with Crippen LogP contribution in [0.4, 0.5) is 27.6 Å². The number of nitrogens with zero attached hydrogens (tertiary/aromatic N) is 3. The van der Waals surface area contributed by atoms with Crippen molar-refractivity contribution in [3.63, 3.8) is 0 Å². The van der Waals surface area contributed by atoms with E-state index < -0.39 is 47.2 Å². The Morgan fingerprint density at radius 1 is 1.26 bits per heavy atom. The lowest BCUT2D eigenvalue weighted by molar-refractivity contribution is -0.253. The van der Waals surface area contributed by atoms with Gasteiger partial charge in [0.05, 0.1) is 38.4 Å². The van der Waals surface area contributed by atoms with Crippen molar-refractivity contribution in [2.24, 2.45) is 11.7 Å². The zero-order valence-corrected chi connectivity index (χ0v) is 22.9. The topological polar surface area (TPSA) is 127 Å². The van der Waals surface area contributed by atoms with Gasteiger partial charge >= 0.3 is 12.5 Å². The van der Waals surface area contributed by atoms with Gasteiger partial charge in [0.1, 0.15) is 17.8 Å². The number of halogens is 5. The van der Waals surface area contributed by atoms with Crippen molar-refractivity contribution in [2.45, 2.75) is 60.9 Å². The standard InChI is InChI=1S/C27H28F5N5O4S/c28-18-8-21-20(7-17(18)22-35-25(41-36-22)26-9-15(10-26)5-6-34-13-26)37(23(38)19(33)12-42(21)39)11-14-1-3-16(4-2-14)40-27(31,32)24(29)30/h1-4,7-8,15,19,23-24,34,38H,5-6,9-13,33H2/t15?,19-,23?,26?,42?/m0/s1. The molecular formula is C27H28F5N5O4S. The maximum Gasteiger partial charge on any atom is 0.461 e. The van der Waals surface area contributed by atoms with E-state index in [0.29, 0.717) is 23.9 Å². The largest absolute Gasteiger partial charge is 0.461 e. The molecular weight excluding hydrogens is 585 g/mol. The predicted octanol–water partition coefficient (Wildman–Crippen LogP) is 3.53. The molecule has 2 aromatic carbocycles. The van der Waals surface area contributed by atoms with E-state index in [1.807, 2.05) is 0 Å². The molecule has 3 fully saturated rings. The molecule has 2 unspecified atom stereocenters. The number of ether oxygens (including phenoxy) is 1. The van der Waals surface area contributed by atoms with Gasteiger partial charge in [-0.2, -0.15) is 22.5 Å². The second-order valence-electron chi connectivity index (χ2n) is 11.1. The van der Waals surface area contributed by atoms with Crippen LogP contribution in [0.5, 0.6) is 5.75 Å². The van der Waals surface area contributed by atoms with Gasteiger partial charge in [-0.05, 0) is 61.6 Å². The summed E-state index contributed by atoms with van der Waals surface area (Å²) >= 11 is 0. The average Bonchev–Trinajstić information content (AvgIpc) is 3.16. The van der Waals surface area contributed by atoms with E-state index in [0.717, 1.165) is 44.0 Å². The van der Waals surface area contributed by atoms with Crippen LogP contribution in [0.1, 0.15) is 30.7 Å². The number of benzene rings is 2. The van der Waals surface area contributed by atoms with Crippen molar-refractivity contribution in [2.75, 3.05) is 23.7 Å². The summed E-state index contributed by atoms with van der Waals surface area (Å²) in [6.45, 7) is 1.50. The maximum atomic E-state index is 15.5. The zero-order valence-electron chi connectivity index (χ0n) is 22.1. The van der Waals surface area contributed by atoms with Crippen molar-refractivity contribution in [1.29, 1.82) is 0 Å². The predicted molar refractivity (Wildman–Crippen MR) is 141 cm³/mol. The Kier molecular flexibility index (Phi) is 7.48. The number of hydrogen-bond acceptors (Lipinski definition) is 9. The molecule has 3 atom stereocenters. The molecule has 3 aromatic rings. The van der Waals surface area contributed by atoms with Crippen molar-refractivity contribution >= 4 is 16.5 Å². The third-order valence-electron chi connectivity index (χ3n) is 8.11. The van der Waals surface area contributed by atoms with Crippen LogP contribution in [0.2, 0.25) is 0 Å². The van der Waals surface area contributed by atoms with Gasteiger partial charge < -0.3 is 30.3 Å². The lowest BCUT2D eigenvalue weighted by Gasteiger charge is -2.42. The molecule has 0 radical (unpaired) electrons. The number of alkyl halides is 4. The molecule has 4 aliphatic rings. The number of anilines is 1. The molecule has 1 saturated carbocycles. The Morgan fingerprint density at radius 3 is 2.71 bits per heavy atom. The molecule has 4 N–H and O–H groups in total. The molecule has 7 rings (SSSR count). The van der Waals surface area contributed by atoms with Crippen LogP contribution < -0.4 is 20.7 Å². The molecule has 2 bridgehead atoms. The summed E-state index contributed by atoms with van der Waals surface area (Å²) < 4.78 is 89.9. The van der Waals surface area contributed by atoms with Gasteiger partial charge in [-0.25, -0.2) is 4.39 Å². The highest BCUT2D eigenvalue weighted by molar-refractivity contribution is 7.85. The number of aliphatic hydroxyl groups excluding tert-OH is 1. The second-order valence-corrected chi connectivity index (χ2v) is 12.5. The minimum absolute atomic E-state index is 0.00241. The molecule has 4 heterocycles. The summed E-state index contributed by atoms with van der Waals surface area (Å²) in [6, 6.07) is 6.35. The van der Waals surface area contributed by atoms with Gasteiger partial charge in [-0.15, -0.1) is 0 Å². The lowest BCUT2D eigenvalue weighted by atomic mass is 9.62. The molecule has 1 aromatic heterocycles. The number of nitrogens with two attached hydrogens (primary N) is 1. The molecule has 9 nitrogen and oxygen atoms in total. The number of nitrogens with one attached hydrogen (secondary N) is 1. The van der Waals surface area contributed by atoms with Gasteiger partial charge in [0.15, 0.2) is 0 Å². The van der Waals surface area contributed by atoms with E-state index >= 15 is 4.39 Å². The highest BCUT2D eigenvalue weighted by Crippen LogP contribution is 2.50. The van der Waals surface area contributed by atoms with Crippen LogP contribution in [0.25, 0.3) is 11.4 Å². The molecule has 15 heteroatoms. The maximum absolute atomic E-state index is 15.5. The fourth-order valence-electron chi connectivity index (χ4n) is 5.91. The Balaban J connectivity index is 1.32. The van der Waals surface area contributed by atoms with E-state index in [-0.39, 0.29) is 39.7 Å². The summed E-state index contributed by atoms with van der Waals surface area (Å²) in [4.78, 5) is 6.03. The first-order valence-corrected chi connectivity index (χ1v) is 14.7. The number of aromatic nitrogens is 2. The van der Waals surface area contributed by atoms with Gasteiger partial charge in [0.2, 0.25) is 11.7 Å². The second kappa shape index (κ2) is 10.8. The van der Waals surface area contributed by atoms with Crippen molar-refractivity contribution < 1.29 is 40.5 Å². The van der Waals surface area contributed by atoms with Crippen LogP contribution in [0.3, 0.4) is 0 Å². The third kappa shape index (κ3) is 5.27. The summed E-state index contributed by atoms with van der Waals surface area (Å²) in [5.41, 5.74) is 6.44. The smallest absolute Gasteiger partial charge is 0.428 e. The average molecular weight is 614 g/mol. The first-order chi connectivity index (χ1) is 20.0. The Labute approximate surface area is 239 Å². The molecule has 0 amide bonds. The zero-order chi connectivity index (χ0) is 29.8. The highest BCUT2D eigenvalue weighted by atomic mass is 32.2. The first-order valence-electron chi connectivity index (χ1n) is 13.4. The van der Waals surface area contributed by atoms with Gasteiger partial charge in [-0.1, -0.05) is 17.3 Å². The van der Waals surface area contributed by atoms with Gasteiger partial charge in [-0.3, -0.25) is 4.21 Å². The molecule has 226 valence electrons. The van der Waals surface area contributed by atoms with Crippen molar-refractivity contribution in [1.82, 2.24) is 15.5 Å². The quantitative estimate of drug-likeness (QED) is 0.343. The summed E-state index contributed by atoms with van der Waals surface area (Å²) in [5, 5.41) is 18.5. The van der Waals surface area contributed by atoms with Crippen LogP contribution in [0.15, 0.2) is 45.8 Å². The summed E-state index contributed by atoms with van der Waals surface area (Å²) in [7, 11) is -1.77. The lowest BCUT2D eigenvalue weighted by Crippen LogP contribution is -2.48. The molecule has 3 aliphatic heterocycles. The van der Waals surface area contributed by atoms with Crippen molar-refractivity contribution in [3.8, 4) is 17.1 Å². The molecule has 42 heavy (non-hydrogen) atoms. The van der Waals surface area contributed by atoms with E-state index in [4.69, 9.17) is 10.3 Å². The van der Waals surface area contributed by atoms with E-state index in [1.165, 1.54) is 23.1 Å². The fraction of sp³-hybridized carbons (Fsp3) is 0.481. The van der Waals surface area contributed by atoms with Crippen LogP contribution >= 0.6 is 0 Å². The van der Waals surface area contributed by atoms with Crippen LogP contribution in [-0.4, -0.2) is 63.1 Å². The molecule has 0 spiro atoms. The van der Waals surface area contributed by atoms with Crippen LogP contribution in [0, 0.1) is 11.7 Å². The highest BCUT2D eigenvalue weighted by Gasteiger charge is 2.50. The van der Waals surface area contributed by atoms with E-state index in [2.05, 4.69) is 20.2 Å². The first kappa shape index (κ1) is 29.0. The minimum Gasteiger partial charge on any atom is -0.428 e. The number of aliphatic hydroxyl groups is 1. The number of hydrogen-bond donors (Lipinski definition) is 3. The number of fused-ring (bicyclic) bond motifs is 4. The Morgan fingerprint density at radius 2 is 2.00 bits per heavy atom. The normalized spacial score (nSPS) is 27.7. The van der Waals surface area contributed by atoms with Crippen LogP contribution in [-0.2, 0) is 22.8 Å². The molecule has 2 saturated heterocycles. The molecule has 1 aliphatic carbocycles. The number of rotatable bonds is 7. The van der Waals surface area contributed by atoms with Crippen molar-refractivity contribution in [3.05, 3.63) is 53.7 Å². The Hall–Kier alpha value is -3.14. The van der Waals surface area contributed by atoms with E-state index in [1.54, 1.807) is 0 Å². The van der Waals surface area contributed by atoms with Gasteiger partial charge in [0, 0.05) is 18.8 Å². The SMILES string of the molecule is N[C@H]1CS(=O)c2cc(F)c(-c3noc(C45CNCCC(C4)C5)n3)cc2N(Cc2ccc(OC(F)(F)C(F)F)cc2)C1O. The monoisotopic (exact) mass is 613 g/mol. The minimum atomic E-state index is -4.67. The third-order valence-corrected chi connectivity index (χ3v) is 9.61. The summed E-state index contributed by atoms with van der Waals surface area (Å²) in [5.74, 6) is -0.388. The Bertz CT molecular complexity index is 1480. The summed E-state index contributed by atoms with van der Waals surface area (Å²) in [6.07, 6.45) is -7.18. The van der Waals surface area contributed by atoms with Gasteiger partial charge in [0.25, 0.3) is 0 Å².